The molecule has 2 heterocycles. The molecule has 0 bridgehead atoms. The quantitative estimate of drug-likeness (QED) is 0.560. The number of rotatable bonds is 6. The van der Waals surface area contributed by atoms with Gasteiger partial charge < -0.3 is 9.88 Å². The predicted octanol–water partition coefficient (Wildman–Crippen LogP) is 5.06. The third-order valence-corrected chi connectivity index (χ3v) is 7.35. The van der Waals surface area contributed by atoms with Crippen molar-refractivity contribution in [3.8, 4) is 22.5 Å². The lowest BCUT2D eigenvalue weighted by Crippen LogP contribution is -2.37. The molecule has 0 saturated heterocycles. The normalized spacial score (nSPS) is 14.8. The number of hydrogen-bond donors (Lipinski definition) is 1. The molecular formula is C22H26N4OS2. The molecule has 0 aliphatic heterocycles. The average Bonchev–Trinajstić information content (AvgIpc) is 3.30. The van der Waals surface area contributed by atoms with E-state index in [4.69, 9.17) is 0 Å². The highest BCUT2D eigenvalue weighted by Crippen LogP contribution is 2.38. The fourth-order valence-corrected chi connectivity index (χ4v) is 5.49. The van der Waals surface area contributed by atoms with Gasteiger partial charge in [-0.25, -0.2) is 0 Å². The van der Waals surface area contributed by atoms with Crippen LogP contribution in [-0.4, -0.2) is 32.5 Å². The first-order valence-corrected chi connectivity index (χ1v) is 12.0. The van der Waals surface area contributed by atoms with E-state index in [-0.39, 0.29) is 5.91 Å². The summed E-state index contributed by atoms with van der Waals surface area (Å²) in [6.07, 6.45) is 5.92. The Hall–Kier alpha value is -2.12. The number of thiophene rings is 1. The third kappa shape index (κ3) is 4.56. The summed E-state index contributed by atoms with van der Waals surface area (Å²) < 4.78 is 1.99. The number of nitrogens with one attached hydrogen (secondary N) is 1. The van der Waals surface area contributed by atoms with E-state index in [9.17, 15) is 4.79 Å². The number of carbonyl (C=O) groups excluding carboxylic acids is 1. The summed E-state index contributed by atoms with van der Waals surface area (Å²) >= 11 is 3.17. The monoisotopic (exact) mass is 426 g/mol. The minimum Gasteiger partial charge on any atom is -0.353 e. The highest BCUT2D eigenvalue weighted by molar-refractivity contribution is 7.99. The van der Waals surface area contributed by atoms with Gasteiger partial charge in [0.05, 0.1) is 5.75 Å². The van der Waals surface area contributed by atoms with Gasteiger partial charge in [-0.05, 0) is 25.3 Å². The van der Waals surface area contributed by atoms with Crippen LogP contribution >= 0.6 is 23.1 Å². The summed E-state index contributed by atoms with van der Waals surface area (Å²) in [5.41, 5.74) is 3.48. The highest BCUT2D eigenvalue weighted by Gasteiger charge is 2.20. The van der Waals surface area contributed by atoms with Crippen molar-refractivity contribution in [3.05, 3.63) is 40.6 Å². The molecule has 0 atom stereocenters. The number of hydrogen-bond acceptors (Lipinski definition) is 5. The fraction of sp³-hybridized carbons (Fsp3) is 0.409. The highest BCUT2D eigenvalue weighted by atomic mass is 32.2. The molecule has 0 radical (unpaired) electrons. The lowest BCUT2D eigenvalue weighted by molar-refractivity contribution is -0.119. The Morgan fingerprint density at radius 1 is 1.21 bits per heavy atom. The number of amides is 1. The van der Waals surface area contributed by atoms with Gasteiger partial charge in [0.15, 0.2) is 11.0 Å². The molecule has 2 aromatic heterocycles. The van der Waals surface area contributed by atoms with E-state index in [1.807, 2.05) is 17.7 Å². The van der Waals surface area contributed by atoms with Crippen molar-refractivity contribution in [3.63, 3.8) is 0 Å². The van der Waals surface area contributed by atoms with Gasteiger partial charge in [0.2, 0.25) is 5.91 Å². The molecular weight excluding hydrogens is 400 g/mol. The van der Waals surface area contributed by atoms with E-state index in [0.29, 0.717) is 11.8 Å². The molecule has 1 aliphatic carbocycles. The summed E-state index contributed by atoms with van der Waals surface area (Å²) in [7, 11) is 1.97. The average molecular weight is 427 g/mol. The second-order valence-electron chi connectivity index (χ2n) is 7.50. The standard InChI is InChI=1S/C22H26N4OS2/c1-15-20(16-9-5-3-6-10-16)18(13-28-15)21-24-25-22(26(21)2)29-14-19(27)23-17-11-7-4-8-12-17/h3,5-6,9-10,13,17H,4,7-8,11-12,14H2,1-2H3,(H,23,27). The first kappa shape index (κ1) is 20.2. The third-order valence-electron chi connectivity index (χ3n) is 5.42. The number of carbonyl (C=O) groups is 1. The molecule has 1 N–H and O–H groups in total. The first-order chi connectivity index (χ1) is 14.1. The van der Waals surface area contributed by atoms with E-state index in [1.165, 1.54) is 47.0 Å². The molecule has 1 aliphatic rings. The number of benzene rings is 1. The Balaban J connectivity index is 1.48. The van der Waals surface area contributed by atoms with Crippen molar-refractivity contribution < 1.29 is 4.79 Å². The van der Waals surface area contributed by atoms with Gasteiger partial charge in [0.1, 0.15) is 0 Å². The Kier molecular flexibility index (Phi) is 6.35. The van der Waals surface area contributed by atoms with Crippen LogP contribution in [0.4, 0.5) is 0 Å². The van der Waals surface area contributed by atoms with E-state index < -0.39 is 0 Å². The van der Waals surface area contributed by atoms with Crippen LogP contribution in [0, 0.1) is 6.92 Å². The van der Waals surface area contributed by atoms with Crippen LogP contribution in [0.3, 0.4) is 0 Å². The minimum atomic E-state index is 0.0859. The molecule has 1 saturated carbocycles. The lowest BCUT2D eigenvalue weighted by Gasteiger charge is -2.22. The molecule has 29 heavy (non-hydrogen) atoms. The summed E-state index contributed by atoms with van der Waals surface area (Å²) in [5, 5.41) is 14.9. The van der Waals surface area contributed by atoms with E-state index in [2.05, 4.69) is 52.1 Å². The summed E-state index contributed by atoms with van der Waals surface area (Å²) in [6.45, 7) is 2.14. The second kappa shape index (κ2) is 9.13. The summed E-state index contributed by atoms with van der Waals surface area (Å²) in [4.78, 5) is 13.6. The molecule has 7 heteroatoms. The van der Waals surface area contributed by atoms with Gasteiger partial charge in [-0.15, -0.1) is 21.5 Å². The van der Waals surface area contributed by atoms with Crippen LogP contribution < -0.4 is 5.32 Å². The topological polar surface area (TPSA) is 59.8 Å². The molecule has 0 spiro atoms. The van der Waals surface area contributed by atoms with Crippen LogP contribution in [0.1, 0.15) is 37.0 Å². The Bertz CT molecular complexity index is 974. The maximum atomic E-state index is 12.3. The van der Waals surface area contributed by atoms with E-state index >= 15 is 0 Å². The van der Waals surface area contributed by atoms with Gasteiger partial charge in [-0.1, -0.05) is 61.4 Å². The van der Waals surface area contributed by atoms with Crippen LogP contribution in [0.2, 0.25) is 0 Å². The van der Waals surface area contributed by atoms with Crippen molar-refractivity contribution in [1.29, 1.82) is 0 Å². The van der Waals surface area contributed by atoms with Crippen LogP contribution in [0.25, 0.3) is 22.5 Å². The van der Waals surface area contributed by atoms with Crippen molar-refractivity contribution >= 4 is 29.0 Å². The number of aryl methyl sites for hydroxylation is 1. The van der Waals surface area contributed by atoms with E-state index in [0.717, 1.165) is 29.4 Å². The smallest absolute Gasteiger partial charge is 0.230 e. The molecule has 1 amide bonds. The maximum Gasteiger partial charge on any atom is 0.230 e. The van der Waals surface area contributed by atoms with Crippen LogP contribution in [0.5, 0.6) is 0 Å². The predicted molar refractivity (Wildman–Crippen MR) is 120 cm³/mol. The molecule has 3 aromatic rings. The summed E-state index contributed by atoms with van der Waals surface area (Å²) in [6, 6.07) is 10.7. The van der Waals surface area contributed by atoms with Gasteiger partial charge in [-0.2, -0.15) is 0 Å². The Morgan fingerprint density at radius 3 is 2.72 bits per heavy atom. The van der Waals surface area contributed by atoms with E-state index in [1.54, 1.807) is 11.3 Å². The summed E-state index contributed by atoms with van der Waals surface area (Å²) in [5.74, 6) is 1.29. The SMILES string of the molecule is Cc1scc(-c2nnc(SCC(=O)NC3CCCCC3)n2C)c1-c1ccccc1. The Morgan fingerprint density at radius 2 is 1.97 bits per heavy atom. The fourth-order valence-electron chi connectivity index (χ4n) is 3.90. The zero-order valence-corrected chi connectivity index (χ0v) is 18.5. The maximum absolute atomic E-state index is 12.3. The van der Waals surface area contributed by atoms with Crippen molar-refractivity contribution in [2.24, 2.45) is 7.05 Å². The molecule has 1 fully saturated rings. The van der Waals surface area contributed by atoms with Crippen LogP contribution in [0.15, 0.2) is 40.9 Å². The second-order valence-corrected chi connectivity index (χ2v) is 9.53. The van der Waals surface area contributed by atoms with Gasteiger partial charge in [0.25, 0.3) is 0 Å². The van der Waals surface area contributed by atoms with Gasteiger partial charge >= 0.3 is 0 Å². The number of aromatic nitrogens is 3. The van der Waals surface area contributed by atoms with Crippen molar-refractivity contribution in [2.45, 2.75) is 50.2 Å². The largest absolute Gasteiger partial charge is 0.353 e. The van der Waals surface area contributed by atoms with Crippen molar-refractivity contribution in [1.82, 2.24) is 20.1 Å². The van der Waals surface area contributed by atoms with Crippen molar-refractivity contribution in [2.75, 3.05) is 5.75 Å². The molecule has 1 aromatic carbocycles. The molecule has 0 unspecified atom stereocenters. The molecule has 4 rings (SSSR count). The van der Waals surface area contributed by atoms with Crippen LogP contribution in [-0.2, 0) is 11.8 Å². The zero-order valence-electron chi connectivity index (χ0n) is 16.9. The molecule has 152 valence electrons. The Labute approximate surface area is 179 Å². The minimum absolute atomic E-state index is 0.0859. The lowest BCUT2D eigenvalue weighted by atomic mass is 9.95. The first-order valence-electron chi connectivity index (χ1n) is 10.1. The molecule has 5 nitrogen and oxygen atoms in total. The number of nitrogens with zero attached hydrogens (tertiary/aromatic N) is 3. The van der Waals surface area contributed by atoms with Gasteiger partial charge in [-0.3, -0.25) is 4.79 Å². The van der Waals surface area contributed by atoms with Gasteiger partial charge in [0, 0.05) is 34.5 Å². The zero-order chi connectivity index (χ0) is 20.2. The number of thioether (sulfide) groups is 1.